The van der Waals surface area contributed by atoms with Gasteiger partial charge in [-0.15, -0.1) is 12.4 Å². The zero-order valence-electron chi connectivity index (χ0n) is 26.2. The fraction of sp³-hybridized carbons (Fsp3) is 0.438. The molecule has 264 valence electrons. The highest BCUT2D eigenvalue weighted by atomic mass is 35.5. The highest BCUT2D eigenvalue weighted by Crippen LogP contribution is 2.46. The van der Waals surface area contributed by atoms with Crippen molar-refractivity contribution in [2.75, 3.05) is 19.8 Å². The number of nitrogens with zero attached hydrogens (tertiary/aromatic N) is 2. The van der Waals surface area contributed by atoms with E-state index in [9.17, 15) is 27.6 Å². The molecule has 3 aliphatic heterocycles. The van der Waals surface area contributed by atoms with Crippen LogP contribution >= 0.6 is 35.6 Å². The van der Waals surface area contributed by atoms with Crippen molar-refractivity contribution in [1.29, 1.82) is 0 Å². The minimum atomic E-state index is -4.31. The van der Waals surface area contributed by atoms with Gasteiger partial charge in [0.1, 0.15) is 17.7 Å². The molecular formula is C32H36Cl3N5O8S. The van der Waals surface area contributed by atoms with Gasteiger partial charge in [0.15, 0.2) is 0 Å². The molecule has 49 heavy (non-hydrogen) atoms. The van der Waals surface area contributed by atoms with Crippen LogP contribution in [0.5, 0.6) is 0 Å². The molecule has 0 spiro atoms. The molecule has 1 saturated heterocycles. The van der Waals surface area contributed by atoms with Gasteiger partial charge in [-0.3, -0.25) is 19.3 Å². The Morgan fingerprint density at radius 2 is 1.84 bits per heavy atom. The molecule has 2 aromatic rings. The summed E-state index contributed by atoms with van der Waals surface area (Å²) in [6, 6.07) is 8.56. The van der Waals surface area contributed by atoms with Gasteiger partial charge in [-0.05, 0) is 60.7 Å². The number of sulfonamides is 1. The smallest absolute Gasteiger partial charge is 0.410 e. The standard InChI is InChI=1S/C32H35Cl2N5O8S.ClH/c33-21-7-9-23(10-8-21)48(44,45)37-30(42)32-15-20(32)5-1-2-12-46-13-11-26(35)29(41)39-17-22(14-27(39)28(40)36-32)47-31(43)38-16-19-4-3-6-25(34)24(19)18-38;/h1,3-10,20,22,26-27H,2,11-18,35H2,(H,36,40)(H,37,42);1H/t20-,22-,26+,27+,32-;/m1./s1. The molecule has 1 aliphatic carbocycles. The number of nitrogens with two attached hydrogens (primary N) is 1. The Morgan fingerprint density at radius 1 is 1.08 bits per heavy atom. The van der Waals surface area contributed by atoms with E-state index in [2.05, 4.69) is 10.0 Å². The van der Waals surface area contributed by atoms with Gasteiger partial charge in [0.05, 0.1) is 30.6 Å². The SMILES string of the molecule is Cl.N[C@H]1CCOCCC=C[C@@H]2C[C@@]2(C(=O)NS(=O)(=O)c2ccc(Cl)cc2)NC(=O)[C@@H]2C[C@@H](OC(=O)N3Cc4cccc(Cl)c4C3)CN2C1=O. The molecule has 4 amide bonds. The van der Waals surface area contributed by atoms with E-state index in [4.69, 9.17) is 38.4 Å². The molecule has 1 saturated carbocycles. The molecule has 2 fully saturated rings. The average Bonchev–Trinajstić information content (AvgIpc) is 3.34. The van der Waals surface area contributed by atoms with E-state index < -0.39 is 63.5 Å². The maximum absolute atomic E-state index is 14.0. The first kappa shape index (κ1) is 36.9. The zero-order valence-corrected chi connectivity index (χ0v) is 29.3. The molecule has 13 nitrogen and oxygen atoms in total. The summed E-state index contributed by atoms with van der Waals surface area (Å²) in [5.74, 6) is -2.70. The first-order valence-electron chi connectivity index (χ1n) is 15.5. The molecule has 3 heterocycles. The van der Waals surface area contributed by atoms with Crippen molar-refractivity contribution >= 4 is 69.4 Å². The largest absolute Gasteiger partial charge is 0.444 e. The first-order chi connectivity index (χ1) is 22.9. The van der Waals surface area contributed by atoms with E-state index >= 15 is 0 Å². The Bertz CT molecular complexity index is 1760. The molecular weight excluding hydrogens is 721 g/mol. The lowest BCUT2D eigenvalue weighted by Crippen LogP contribution is -2.57. The number of ether oxygens (including phenoxy) is 2. The summed E-state index contributed by atoms with van der Waals surface area (Å²) < 4.78 is 39.7. The zero-order chi connectivity index (χ0) is 34.2. The predicted molar refractivity (Wildman–Crippen MR) is 181 cm³/mol. The molecule has 4 N–H and O–H groups in total. The number of amides is 4. The van der Waals surface area contributed by atoms with Crippen LogP contribution in [0.2, 0.25) is 10.0 Å². The number of rotatable bonds is 4. The van der Waals surface area contributed by atoms with E-state index in [0.717, 1.165) is 11.1 Å². The van der Waals surface area contributed by atoms with Crippen LogP contribution < -0.4 is 15.8 Å². The summed E-state index contributed by atoms with van der Waals surface area (Å²) in [5, 5.41) is 3.62. The Labute approximate surface area is 299 Å². The number of carbonyl (C=O) groups excluding carboxylic acids is 4. The highest BCUT2D eigenvalue weighted by Gasteiger charge is 2.61. The fourth-order valence-corrected chi connectivity index (χ4v) is 7.75. The van der Waals surface area contributed by atoms with Crippen molar-refractivity contribution in [3.8, 4) is 0 Å². The molecule has 17 heteroatoms. The lowest BCUT2D eigenvalue weighted by atomic mass is 10.1. The number of nitrogens with one attached hydrogen (secondary N) is 2. The molecule has 0 unspecified atom stereocenters. The number of hydrogen-bond acceptors (Lipinski definition) is 9. The van der Waals surface area contributed by atoms with Crippen molar-refractivity contribution < 1.29 is 37.1 Å². The quantitative estimate of drug-likeness (QED) is 0.396. The summed E-state index contributed by atoms with van der Waals surface area (Å²) in [7, 11) is -4.31. The number of carbonyl (C=O) groups is 4. The lowest BCUT2D eigenvalue weighted by Gasteiger charge is -2.28. The van der Waals surface area contributed by atoms with E-state index in [1.165, 1.54) is 34.1 Å². The van der Waals surface area contributed by atoms with Crippen LogP contribution in [-0.2, 0) is 47.0 Å². The van der Waals surface area contributed by atoms with Crippen molar-refractivity contribution in [1.82, 2.24) is 19.8 Å². The van der Waals surface area contributed by atoms with Gasteiger partial charge in [-0.1, -0.05) is 47.5 Å². The molecule has 5 atom stereocenters. The maximum atomic E-state index is 14.0. The molecule has 0 aromatic heterocycles. The van der Waals surface area contributed by atoms with Crippen molar-refractivity contribution in [2.24, 2.45) is 11.7 Å². The van der Waals surface area contributed by atoms with Crippen LogP contribution in [-0.4, -0.2) is 85.5 Å². The second-order valence-corrected chi connectivity index (χ2v) is 14.9. The normalized spacial score (nSPS) is 27.0. The van der Waals surface area contributed by atoms with Gasteiger partial charge in [-0.2, -0.15) is 0 Å². The van der Waals surface area contributed by atoms with Crippen LogP contribution in [0.3, 0.4) is 0 Å². The van der Waals surface area contributed by atoms with Gasteiger partial charge in [-0.25, -0.2) is 17.9 Å². The summed E-state index contributed by atoms with van der Waals surface area (Å²) in [4.78, 5) is 57.0. The first-order valence-corrected chi connectivity index (χ1v) is 17.8. The van der Waals surface area contributed by atoms with Gasteiger partial charge in [0, 0.05) is 35.5 Å². The Balaban J connectivity index is 0.00000468. The minimum absolute atomic E-state index is 0. The molecule has 0 radical (unpaired) electrons. The van der Waals surface area contributed by atoms with Crippen LogP contribution in [0.15, 0.2) is 59.5 Å². The van der Waals surface area contributed by atoms with E-state index in [0.29, 0.717) is 29.6 Å². The van der Waals surface area contributed by atoms with Crippen molar-refractivity contribution in [2.45, 2.75) is 67.4 Å². The second-order valence-electron chi connectivity index (χ2n) is 12.4. The second kappa shape index (κ2) is 14.8. The summed E-state index contributed by atoms with van der Waals surface area (Å²) in [6.45, 7) is 0.983. The number of benzene rings is 2. The number of halogens is 3. The Hall–Kier alpha value is -3.40. The van der Waals surface area contributed by atoms with Gasteiger partial charge in [0.2, 0.25) is 11.8 Å². The third kappa shape index (κ3) is 7.84. The summed E-state index contributed by atoms with van der Waals surface area (Å²) in [5.41, 5.74) is 6.34. The molecule has 4 aliphatic rings. The molecule has 0 bridgehead atoms. The monoisotopic (exact) mass is 755 g/mol. The predicted octanol–water partition coefficient (Wildman–Crippen LogP) is 2.91. The van der Waals surface area contributed by atoms with E-state index in [1.807, 2.05) is 6.07 Å². The number of hydrogen-bond donors (Lipinski definition) is 3. The topological polar surface area (TPSA) is 177 Å². The maximum Gasteiger partial charge on any atom is 0.410 e. The van der Waals surface area contributed by atoms with Crippen LogP contribution in [0.25, 0.3) is 0 Å². The summed E-state index contributed by atoms with van der Waals surface area (Å²) >= 11 is 12.2. The van der Waals surface area contributed by atoms with Gasteiger partial charge < -0.3 is 25.4 Å². The fourth-order valence-electron chi connectivity index (χ4n) is 6.33. The lowest BCUT2D eigenvalue weighted by molar-refractivity contribution is -0.140. The van der Waals surface area contributed by atoms with Gasteiger partial charge in [0.25, 0.3) is 15.9 Å². The molecule has 6 rings (SSSR count). The van der Waals surface area contributed by atoms with Gasteiger partial charge >= 0.3 is 6.09 Å². The number of fused-ring (bicyclic) bond motifs is 3. The third-order valence-electron chi connectivity index (χ3n) is 9.10. The molecule has 2 aromatic carbocycles. The van der Waals surface area contributed by atoms with E-state index in [1.54, 1.807) is 24.3 Å². The van der Waals surface area contributed by atoms with E-state index in [-0.39, 0.29) is 56.3 Å². The minimum Gasteiger partial charge on any atom is -0.444 e. The van der Waals surface area contributed by atoms with Crippen LogP contribution in [0, 0.1) is 5.92 Å². The third-order valence-corrected chi connectivity index (χ3v) is 11.1. The highest BCUT2D eigenvalue weighted by molar-refractivity contribution is 7.90. The van der Waals surface area contributed by atoms with Crippen LogP contribution in [0.1, 0.15) is 36.8 Å². The van der Waals surface area contributed by atoms with Crippen LogP contribution in [0.4, 0.5) is 4.79 Å². The van der Waals surface area contributed by atoms with Crippen molar-refractivity contribution in [3.63, 3.8) is 0 Å². The summed E-state index contributed by atoms with van der Waals surface area (Å²) in [6.07, 6.45) is 2.80. The Kier molecular flexibility index (Phi) is 11.2. The average molecular weight is 757 g/mol. The Morgan fingerprint density at radius 3 is 2.57 bits per heavy atom. The van der Waals surface area contributed by atoms with Crippen molar-refractivity contribution in [3.05, 3.63) is 75.8 Å².